The number of likely N-dealkylation sites (tertiary alicyclic amines) is 1. The number of rotatable bonds is 4. The highest BCUT2D eigenvalue weighted by atomic mass is 16.3. The first kappa shape index (κ1) is 11.4. The van der Waals surface area contributed by atoms with Crippen LogP contribution in [0.3, 0.4) is 0 Å². The lowest BCUT2D eigenvalue weighted by molar-refractivity contribution is 0.186. The van der Waals surface area contributed by atoms with Crippen molar-refractivity contribution in [2.75, 3.05) is 26.2 Å². The summed E-state index contributed by atoms with van der Waals surface area (Å²) in [6.07, 6.45) is 8.37. The summed E-state index contributed by atoms with van der Waals surface area (Å²) >= 11 is 0. The fraction of sp³-hybridized carbons (Fsp3) is 1.00. The van der Waals surface area contributed by atoms with Gasteiger partial charge >= 0.3 is 0 Å². The molecule has 1 atom stereocenters. The van der Waals surface area contributed by atoms with Crippen LogP contribution < -0.4 is 5.32 Å². The van der Waals surface area contributed by atoms with Crippen molar-refractivity contribution >= 4 is 0 Å². The first-order chi connectivity index (χ1) is 7.40. The second-order valence-electron chi connectivity index (χ2n) is 4.95. The van der Waals surface area contributed by atoms with Gasteiger partial charge in [-0.25, -0.2) is 0 Å². The molecule has 1 aliphatic heterocycles. The summed E-state index contributed by atoms with van der Waals surface area (Å²) in [6, 6.07) is 1.48. The van der Waals surface area contributed by atoms with Crippen LogP contribution in [0.4, 0.5) is 0 Å². The van der Waals surface area contributed by atoms with E-state index in [-0.39, 0.29) is 6.61 Å². The van der Waals surface area contributed by atoms with Gasteiger partial charge in [0.1, 0.15) is 0 Å². The molecule has 3 heteroatoms. The summed E-state index contributed by atoms with van der Waals surface area (Å²) in [5.74, 6) is 0. The second-order valence-corrected chi connectivity index (χ2v) is 4.95. The lowest BCUT2D eigenvalue weighted by atomic mass is 9.94. The first-order valence-corrected chi connectivity index (χ1v) is 6.48. The Labute approximate surface area is 92.8 Å². The van der Waals surface area contributed by atoms with Gasteiger partial charge in [0.25, 0.3) is 0 Å². The van der Waals surface area contributed by atoms with Gasteiger partial charge in [-0.1, -0.05) is 19.3 Å². The van der Waals surface area contributed by atoms with Crippen LogP contribution in [0.2, 0.25) is 0 Å². The van der Waals surface area contributed by atoms with Crippen LogP contribution in [-0.2, 0) is 0 Å². The molecule has 2 N–H and O–H groups in total. The highest BCUT2D eigenvalue weighted by Crippen LogP contribution is 2.25. The molecule has 0 aromatic rings. The van der Waals surface area contributed by atoms with Crippen molar-refractivity contribution in [3.63, 3.8) is 0 Å². The van der Waals surface area contributed by atoms with Crippen LogP contribution in [0, 0.1) is 0 Å². The molecule has 15 heavy (non-hydrogen) atoms. The van der Waals surface area contributed by atoms with Gasteiger partial charge in [-0.05, 0) is 19.3 Å². The molecule has 1 saturated carbocycles. The molecule has 2 rings (SSSR count). The Hall–Kier alpha value is -0.120. The number of aliphatic hydroxyl groups excluding tert-OH is 1. The normalized spacial score (nSPS) is 29.8. The number of aliphatic hydroxyl groups is 1. The van der Waals surface area contributed by atoms with Gasteiger partial charge in [0.05, 0.1) is 6.61 Å². The Balaban J connectivity index is 1.71. The van der Waals surface area contributed by atoms with E-state index in [1.165, 1.54) is 51.6 Å². The van der Waals surface area contributed by atoms with Crippen LogP contribution in [0.25, 0.3) is 0 Å². The molecule has 0 amide bonds. The Morgan fingerprint density at radius 1 is 1.13 bits per heavy atom. The Morgan fingerprint density at radius 2 is 1.93 bits per heavy atom. The van der Waals surface area contributed by atoms with Gasteiger partial charge in [0.2, 0.25) is 0 Å². The molecule has 0 aromatic heterocycles. The molecule has 1 aliphatic carbocycles. The molecule has 1 heterocycles. The summed E-state index contributed by atoms with van der Waals surface area (Å²) in [6.45, 7) is 3.47. The third-order valence-corrected chi connectivity index (χ3v) is 3.86. The summed E-state index contributed by atoms with van der Waals surface area (Å²) in [5, 5.41) is 12.2. The van der Waals surface area contributed by atoms with Crippen molar-refractivity contribution in [3.05, 3.63) is 0 Å². The first-order valence-electron chi connectivity index (χ1n) is 6.48. The third kappa shape index (κ3) is 3.16. The molecule has 0 radical (unpaired) electrons. The molecular weight excluding hydrogens is 188 g/mol. The van der Waals surface area contributed by atoms with E-state index in [9.17, 15) is 0 Å². The SMILES string of the molecule is OCCNC1CCN(C2CCCCC2)C1. The van der Waals surface area contributed by atoms with Crippen molar-refractivity contribution in [3.8, 4) is 0 Å². The smallest absolute Gasteiger partial charge is 0.0556 e. The van der Waals surface area contributed by atoms with Gasteiger partial charge in [0.15, 0.2) is 0 Å². The molecule has 3 nitrogen and oxygen atoms in total. The third-order valence-electron chi connectivity index (χ3n) is 3.86. The molecule has 2 fully saturated rings. The van der Waals surface area contributed by atoms with Gasteiger partial charge < -0.3 is 10.4 Å². The van der Waals surface area contributed by atoms with E-state index in [0.29, 0.717) is 6.04 Å². The number of hydrogen-bond acceptors (Lipinski definition) is 3. The zero-order chi connectivity index (χ0) is 10.5. The average Bonchev–Trinajstić information content (AvgIpc) is 2.76. The van der Waals surface area contributed by atoms with Crippen LogP contribution in [-0.4, -0.2) is 48.3 Å². The van der Waals surface area contributed by atoms with Gasteiger partial charge in [-0.3, -0.25) is 4.90 Å². The molecular formula is C12H24N2O. The fourth-order valence-electron chi connectivity index (χ4n) is 3.00. The average molecular weight is 212 g/mol. The zero-order valence-corrected chi connectivity index (χ0v) is 9.62. The Morgan fingerprint density at radius 3 is 2.67 bits per heavy atom. The standard InChI is InChI=1S/C12H24N2O/c15-9-7-13-11-6-8-14(10-11)12-4-2-1-3-5-12/h11-13,15H,1-10H2. The maximum absolute atomic E-state index is 8.77. The van der Waals surface area contributed by atoms with Crippen molar-refractivity contribution in [1.29, 1.82) is 0 Å². The van der Waals surface area contributed by atoms with E-state index >= 15 is 0 Å². The number of hydrogen-bond donors (Lipinski definition) is 2. The lowest BCUT2D eigenvalue weighted by Gasteiger charge is -2.31. The summed E-state index contributed by atoms with van der Waals surface area (Å²) in [7, 11) is 0. The van der Waals surface area contributed by atoms with Crippen LogP contribution in [0.1, 0.15) is 38.5 Å². The predicted molar refractivity (Wildman–Crippen MR) is 61.9 cm³/mol. The fourth-order valence-corrected chi connectivity index (χ4v) is 3.00. The highest BCUT2D eigenvalue weighted by molar-refractivity contribution is 4.86. The summed E-state index contributed by atoms with van der Waals surface area (Å²) in [4.78, 5) is 2.66. The number of nitrogens with zero attached hydrogens (tertiary/aromatic N) is 1. The van der Waals surface area contributed by atoms with Gasteiger partial charge in [0, 0.05) is 31.7 Å². The maximum atomic E-state index is 8.77. The zero-order valence-electron chi connectivity index (χ0n) is 9.62. The summed E-state index contributed by atoms with van der Waals surface area (Å²) in [5.41, 5.74) is 0. The molecule has 0 aromatic carbocycles. The van der Waals surface area contributed by atoms with Gasteiger partial charge in [-0.2, -0.15) is 0 Å². The molecule has 88 valence electrons. The van der Waals surface area contributed by atoms with E-state index in [1.54, 1.807) is 0 Å². The minimum Gasteiger partial charge on any atom is -0.395 e. The topological polar surface area (TPSA) is 35.5 Å². The van der Waals surface area contributed by atoms with Gasteiger partial charge in [-0.15, -0.1) is 0 Å². The molecule has 1 saturated heterocycles. The quantitative estimate of drug-likeness (QED) is 0.729. The maximum Gasteiger partial charge on any atom is 0.0556 e. The minimum atomic E-state index is 0.264. The monoisotopic (exact) mass is 212 g/mol. The predicted octanol–water partition coefficient (Wildman–Crippen LogP) is 0.975. The molecule has 0 bridgehead atoms. The van der Waals surface area contributed by atoms with Crippen LogP contribution >= 0.6 is 0 Å². The van der Waals surface area contributed by atoms with E-state index < -0.39 is 0 Å². The van der Waals surface area contributed by atoms with Crippen molar-refractivity contribution < 1.29 is 5.11 Å². The van der Waals surface area contributed by atoms with Crippen LogP contribution in [0.5, 0.6) is 0 Å². The minimum absolute atomic E-state index is 0.264. The molecule has 1 unspecified atom stereocenters. The molecule has 2 aliphatic rings. The van der Waals surface area contributed by atoms with E-state index in [0.717, 1.165) is 12.6 Å². The van der Waals surface area contributed by atoms with Crippen molar-refractivity contribution in [2.24, 2.45) is 0 Å². The van der Waals surface area contributed by atoms with E-state index in [1.807, 2.05) is 0 Å². The summed E-state index contributed by atoms with van der Waals surface area (Å²) < 4.78 is 0. The number of nitrogens with one attached hydrogen (secondary N) is 1. The second kappa shape index (κ2) is 5.83. The van der Waals surface area contributed by atoms with E-state index in [2.05, 4.69) is 10.2 Å². The van der Waals surface area contributed by atoms with Crippen molar-refractivity contribution in [2.45, 2.75) is 50.6 Å². The van der Waals surface area contributed by atoms with Crippen LogP contribution in [0.15, 0.2) is 0 Å². The Kier molecular flexibility index (Phi) is 4.42. The Bertz CT molecular complexity index is 180. The lowest BCUT2D eigenvalue weighted by Crippen LogP contribution is -2.39. The largest absolute Gasteiger partial charge is 0.395 e. The molecule has 0 spiro atoms. The highest BCUT2D eigenvalue weighted by Gasteiger charge is 2.28. The van der Waals surface area contributed by atoms with Crippen molar-refractivity contribution in [1.82, 2.24) is 10.2 Å². The van der Waals surface area contributed by atoms with E-state index in [4.69, 9.17) is 5.11 Å².